The molecule has 8 heavy (non-hydrogen) atoms. The van der Waals surface area contributed by atoms with Crippen molar-refractivity contribution in [1.29, 1.82) is 10.8 Å². The van der Waals surface area contributed by atoms with Crippen molar-refractivity contribution < 1.29 is 4.79 Å². The Labute approximate surface area is 48.1 Å². The maximum absolute atomic E-state index is 9.92. The second-order valence-corrected chi connectivity index (χ2v) is 1.56. The third-order valence-corrected chi connectivity index (χ3v) is 0.569. The third kappa shape index (κ3) is 8.86. The lowest BCUT2D eigenvalue weighted by Crippen LogP contribution is -2.17. The van der Waals surface area contributed by atoms with Gasteiger partial charge < -0.3 is 5.73 Å². The predicted octanol–water partition coefficient (Wildman–Crippen LogP) is 0.158. The Hall–Kier alpha value is -1.11. The van der Waals surface area contributed by atoms with Crippen LogP contribution in [-0.4, -0.2) is 5.91 Å². The number of rotatable bonds is 1. The number of carbonyl (C=O) groups excluding carboxylic acids is 1. The maximum Gasteiger partial charge on any atom is 0.219 e. The summed E-state index contributed by atoms with van der Waals surface area (Å²) in [5.74, 6) is -0.250. The van der Waals surface area contributed by atoms with E-state index in [1.54, 1.807) is 13.8 Å². The summed E-state index contributed by atoms with van der Waals surface area (Å²) in [4.78, 5) is 9.92. The molecular weight excluding hydrogens is 106 g/mol. The van der Waals surface area contributed by atoms with Crippen molar-refractivity contribution in [3.63, 3.8) is 0 Å². The van der Waals surface area contributed by atoms with Gasteiger partial charge >= 0.3 is 0 Å². The highest BCUT2D eigenvalue weighted by molar-refractivity contribution is 5.75. The first-order chi connectivity index (χ1) is 3.64. The van der Waals surface area contributed by atoms with Crippen molar-refractivity contribution in [3.05, 3.63) is 0 Å². The average Bonchev–Trinajstić information content (AvgIpc) is 1.72. The van der Waals surface area contributed by atoms with Crippen LogP contribution in [0.2, 0.25) is 0 Å². The van der Waals surface area contributed by atoms with Crippen LogP contribution in [0.25, 0.3) is 0 Å². The molecular formula is C4H9N3O. The summed E-state index contributed by atoms with van der Waals surface area (Å²) in [7, 11) is 0. The first-order valence-corrected chi connectivity index (χ1v) is 2.14. The topological polar surface area (TPSA) is 90.7 Å². The Morgan fingerprint density at radius 2 is 1.62 bits per heavy atom. The van der Waals surface area contributed by atoms with Gasteiger partial charge in [0.15, 0.2) is 0 Å². The van der Waals surface area contributed by atoms with Crippen molar-refractivity contribution in [3.8, 4) is 0 Å². The molecule has 46 valence electrons. The Kier molecular flexibility index (Phi) is 7.36. The second kappa shape index (κ2) is 5.89. The number of hydrogen-bond acceptors (Lipinski definition) is 3. The average molecular weight is 115 g/mol. The van der Waals surface area contributed by atoms with Gasteiger partial charge in [-0.2, -0.15) is 0 Å². The molecule has 0 aromatic heterocycles. The lowest BCUT2D eigenvalue weighted by Gasteiger charge is -1.90. The van der Waals surface area contributed by atoms with Gasteiger partial charge in [-0.05, 0) is 0 Å². The van der Waals surface area contributed by atoms with Crippen LogP contribution >= 0.6 is 0 Å². The van der Waals surface area contributed by atoms with Gasteiger partial charge in [-0.25, -0.2) is 0 Å². The lowest BCUT2D eigenvalue weighted by molar-refractivity contribution is -0.120. The fraction of sp³-hybridized carbons (Fsp3) is 0.750. The van der Waals surface area contributed by atoms with Crippen molar-refractivity contribution >= 4 is 5.91 Å². The van der Waals surface area contributed by atoms with E-state index in [-0.39, 0.29) is 11.8 Å². The predicted molar refractivity (Wildman–Crippen MR) is 27.5 cm³/mol. The summed E-state index contributed by atoms with van der Waals surface area (Å²) in [6.07, 6.45) is 0. The van der Waals surface area contributed by atoms with Crippen LogP contribution in [-0.2, 0) is 4.79 Å². The summed E-state index contributed by atoms with van der Waals surface area (Å²) in [5, 5.41) is 12.0. The van der Waals surface area contributed by atoms with Gasteiger partial charge in [0.1, 0.15) is 0 Å². The fourth-order valence-corrected chi connectivity index (χ4v) is 0. The van der Waals surface area contributed by atoms with Gasteiger partial charge in [-0.3, -0.25) is 4.79 Å². The molecule has 1 amide bonds. The number of nitrogens with two attached hydrogens (primary N) is 1. The molecule has 0 aliphatic heterocycles. The smallest absolute Gasteiger partial charge is 0.219 e. The van der Waals surface area contributed by atoms with Gasteiger partial charge in [-0.15, -0.1) is 0 Å². The molecule has 2 N–H and O–H groups in total. The number of carbonyl (C=O) groups is 1. The molecule has 0 bridgehead atoms. The number of nitrogens with zero attached hydrogens (tertiary/aromatic N) is 2. The molecule has 0 aromatic rings. The molecule has 0 saturated heterocycles. The summed E-state index contributed by atoms with van der Waals surface area (Å²) < 4.78 is 0. The molecule has 0 aliphatic rings. The van der Waals surface area contributed by atoms with Crippen LogP contribution in [0.15, 0.2) is 0 Å². The molecule has 4 nitrogen and oxygen atoms in total. The highest BCUT2D eigenvalue weighted by atomic mass is 16.1. The molecule has 0 rings (SSSR count). The summed E-state index contributed by atoms with van der Waals surface area (Å²) in [6, 6.07) is 0. The first kappa shape index (κ1) is 10.00. The van der Waals surface area contributed by atoms with Crippen molar-refractivity contribution in [1.82, 2.24) is 0 Å². The molecule has 0 heterocycles. The molecule has 4 heteroatoms. The monoisotopic (exact) mass is 115 g/mol. The molecule has 0 atom stereocenters. The van der Waals surface area contributed by atoms with Gasteiger partial charge in [0.2, 0.25) is 5.91 Å². The summed E-state index contributed by atoms with van der Waals surface area (Å²) in [6.45, 7) is 3.53. The minimum Gasteiger partial charge on any atom is -0.369 e. The number of hydrogen-bond donors (Lipinski definition) is 1. The van der Waals surface area contributed by atoms with Crippen LogP contribution < -0.4 is 5.73 Å². The second-order valence-electron chi connectivity index (χ2n) is 1.56. The Morgan fingerprint density at radius 3 is 1.62 bits per heavy atom. The van der Waals surface area contributed by atoms with E-state index in [9.17, 15) is 4.79 Å². The lowest BCUT2D eigenvalue weighted by atomic mass is 10.2. The minimum absolute atomic E-state index is 0.00926. The van der Waals surface area contributed by atoms with Crippen LogP contribution in [0.4, 0.5) is 0 Å². The van der Waals surface area contributed by atoms with Crippen molar-refractivity contribution in [2.45, 2.75) is 13.8 Å². The zero-order valence-electron chi connectivity index (χ0n) is 4.96. The van der Waals surface area contributed by atoms with Crippen LogP contribution in [0.5, 0.6) is 0 Å². The van der Waals surface area contributed by atoms with Crippen molar-refractivity contribution in [2.75, 3.05) is 0 Å². The van der Waals surface area contributed by atoms with E-state index in [0.717, 1.165) is 0 Å². The zero-order chi connectivity index (χ0) is 7.15. The van der Waals surface area contributed by atoms with Crippen LogP contribution in [0, 0.1) is 16.7 Å². The van der Waals surface area contributed by atoms with Crippen LogP contribution in [0.1, 0.15) is 13.8 Å². The molecule has 0 saturated carbocycles. The minimum atomic E-state index is -0.241. The zero-order valence-corrected chi connectivity index (χ0v) is 4.96. The first-order valence-electron chi connectivity index (χ1n) is 2.14. The Morgan fingerprint density at radius 1 is 1.50 bits per heavy atom. The molecule has 0 fully saturated rings. The van der Waals surface area contributed by atoms with Gasteiger partial charge in [-0.1, -0.05) is 13.8 Å². The maximum atomic E-state index is 9.92. The van der Waals surface area contributed by atoms with E-state index in [0.29, 0.717) is 0 Å². The Balaban J connectivity index is 0. The number of primary amides is 1. The van der Waals surface area contributed by atoms with E-state index < -0.39 is 0 Å². The fourth-order valence-electron chi connectivity index (χ4n) is 0. The quantitative estimate of drug-likeness (QED) is 0.493. The summed E-state index contributed by atoms with van der Waals surface area (Å²) in [5.41, 5.74) is 4.80. The number of amides is 1. The standard InChI is InChI=1S/C4H9NO.N2/c1-3(2)4(5)6;1-2/h3H,1-2H3,(H2,5,6);. The van der Waals surface area contributed by atoms with Gasteiger partial charge in [0.05, 0.1) is 0 Å². The Bertz CT molecular complexity index is 86.5. The van der Waals surface area contributed by atoms with Crippen molar-refractivity contribution in [2.24, 2.45) is 11.7 Å². The van der Waals surface area contributed by atoms with E-state index in [1.165, 1.54) is 0 Å². The highest BCUT2D eigenvalue weighted by Crippen LogP contribution is 1.84. The van der Waals surface area contributed by atoms with Crippen LogP contribution in [0.3, 0.4) is 0 Å². The third-order valence-electron chi connectivity index (χ3n) is 0.569. The molecule has 0 aromatic carbocycles. The van der Waals surface area contributed by atoms with Gasteiger partial charge in [0.25, 0.3) is 0 Å². The van der Waals surface area contributed by atoms with Gasteiger partial charge in [0, 0.05) is 16.7 Å². The van der Waals surface area contributed by atoms with E-state index in [2.05, 4.69) is 0 Å². The van der Waals surface area contributed by atoms with E-state index in [4.69, 9.17) is 16.5 Å². The SMILES string of the molecule is CC(C)C(N)=O.N#N. The molecule has 0 aliphatic carbocycles. The molecule has 0 radical (unpaired) electrons. The summed E-state index contributed by atoms with van der Waals surface area (Å²) >= 11 is 0. The largest absolute Gasteiger partial charge is 0.369 e. The molecule has 0 unspecified atom stereocenters. The molecule has 0 spiro atoms. The van der Waals surface area contributed by atoms with E-state index in [1.807, 2.05) is 0 Å². The highest BCUT2D eigenvalue weighted by Gasteiger charge is 1.96. The van der Waals surface area contributed by atoms with E-state index >= 15 is 0 Å². The normalized spacial score (nSPS) is 7.12.